The van der Waals surface area contributed by atoms with E-state index in [2.05, 4.69) is 128 Å². The maximum atomic E-state index is 7.73. The normalized spacial score (nSPS) is 11.3. The highest BCUT2D eigenvalue weighted by Crippen LogP contribution is 2.43. The topological polar surface area (TPSA) is 18.6 Å². The SMILES string of the molecule is [C-]#[N+]c1cc([N+]#[C-])cc(-c2cc3c4ccccc4n(-c4ccccc4)c3cc2-n2c3ccccc3c3ccccc32)c1. The molecule has 0 amide bonds. The van der Waals surface area contributed by atoms with Crippen LogP contribution in [0.2, 0.25) is 0 Å². The van der Waals surface area contributed by atoms with Crippen LogP contribution in [0.15, 0.2) is 133 Å². The number of nitrogens with zero attached hydrogens (tertiary/aromatic N) is 4. The molecule has 0 saturated heterocycles. The summed E-state index contributed by atoms with van der Waals surface area (Å²) in [5.74, 6) is 0. The van der Waals surface area contributed by atoms with Crippen LogP contribution in [0.3, 0.4) is 0 Å². The summed E-state index contributed by atoms with van der Waals surface area (Å²) in [6, 6.07) is 45.9. The molecule has 0 aliphatic heterocycles. The number of aromatic nitrogens is 2. The highest BCUT2D eigenvalue weighted by atomic mass is 15.0. The Balaban J connectivity index is 1.59. The minimum absolute atomic E-state index is 0.457. The third kappa shape index (κ3) is 3.47. The lowest BCUT2D eigenvalue weighted by atomic mass is 9.99. The number of benzene rings is 6. The Morgan fingerprint density at radius 1 is 0.429 bits per heavy atom. The summed E-state index contributed by atoms with van der Waals surface area (Å²) < 4.78 is 4.65. The van der Waals surface area contributed by atoms with Crippen molar-refractivity contribution < 1.29 is 0 Å². The molecule has 0 radical (unpaired) electrons. The Bertz CT molecular complexity index is 2340. The summed E-state index contributed by atoms with van der Waals surface area (Å²) in [7, 11) is 0. The fraction of sp³-hybridized carbons (Fsp3) is 0. The first-order valence-electron chi connectivity index (χ1n) is 13.8. The van der Waals surface area contributed by atoms with E-state index < -0.39 is 0 Å². The average molecular weight is 535 g/mol. The highest BCUT2D eigenvalue weighted by molar-refractivity contribution is 6.14. The van der Waals surface area contributed by atoms with Gasteiger partial charge in [0.25, 0.3) is 0 Å². The van der Waals surface area contributed by atoms with Crippen LogP contribution in [0, 0.1) is 13.1 Å². The van der Waals surface area contributed by atoms with Crippen molar-refractivity contribution in [2.45, 2.75) is 0 Å². The number of hydrogen-bond donors (Lipinski definition) is 0. The molecule has 2 heterocycles. The van der Waals surface area contributed by atoms with Gasteiger partial charge in [0.2, 0.25) is 0 Å². The summed E-state index contributed by atoms with van der Waals surface area (Å²) in [5, 5.41) is 4.63. The summed E-state index contributed by atoms with van der Waals surface area (Å²) in [6.07, 6.45) is 0. The van der Waals surface area contributed by atoms with Crippen molar-refractivity contribution in [2.24, 2.45) is 0 Å². The van der Waals surface area contributed by atoms with Crippen LogP contribution >= 0.6 is 0 Å². The summed E-state index contributed by atoms with van der Waals surface area (Å²) in [6.45, 7) is 15.5. The van der Waals surface area contributed by atoms with Gasteiger partial charge in [-0.05, 0) is 48.0 Å². The average Bonchev–Trinajstić information content (AvgIpc) is 3.56. The van der Waals surface area contributed by atoms with Gasteiger partial charge in [0, 0.05) is 32.8 Å². The van der Waals surface area contributed by atoms with Crippen molar-refractivity contribution in [3.63, 3.8) is 0 Å². The molecule has 0 N–H and O–H groups in total. The van der Waals surface area contributed by atoms with Gasteiger partial charge < -0.3 is 9.13 Å². The van der Waals surface area contributed by atoms with E-state index in [0.717, 1.165) is 55.3 Å². The van der Waals surface area contributed by atoms with E-state index in [4.69, 9.17) is 13.1 Å². The molecule has 2 aromatic heterocycles. The monoisotopic (exact) mass is 534 g/mol. The molecule has 8 rings (SSSR count). The zero-order chi connectivity index (χ0) is 28.2. The van der Waals surface area contributed by atoms with Crippen LogP contribution in [-0.4, -0.2) is 9.13 Å². The van der Waals surface area contributed by atoms with E-state index in [0.29, 0.717) is 11.4 Å². The van der Waals surface area contributed by atoms with Gasteiger partial charge >= 0.3 is 0 Å². The van der Waals surface area contributed by atoms with Gasteiger partial charge in [0.05, 0.1) is 40.9 Å². The summed E-state index contributed by atoms with van der Waals surface area (Å²) in [4.78, 5) is 7.42. The number of hydrogen-bond acceptors (Lipinski definition) is 0. The molecule has 0 atom stereocenters. The molecule has 0 saturated carbocycles. The van der Waals surface area contributed by atoms with Crippen LogP contribution in [0.1, 0.15) is 0 Å². The molecule has 0 aliphatic carbocycles. The minimum atomic E-state index is 0.457. The maximum Gasteiger partial charge on any atom is 0.177 e. The van der Waals surface area contributed by atoms with Crippen LogP contribution < -0.4 is 0 Å². The Labute approximate surface area is 242 Å². The number of fused-ring (bicyclic) bond motifs is 6. The van der Waals surface area contributed by atoms with Crippen molar-refractivity contribution in [1.82, 2.24) is 9.13 Å². The van der Waals surface area contributed by atoms with Crippen LogP contribution in [0.4, 0.5) is 11.4 Å². The quantitative estimate of drug-likeness (QED) is 0.201. The minimum Gasteiger partial charge on any atom is -0.309 e. The second-order valence-corrected chi connectivity index (χ2v) is 10.4. The highest BCUT2D eigenvalue weighted by Gasteiger charge is 2.20. The van der Waals surface area contributed by atoms with Crippen LogP contribution in [0.25, 0.3) is 75.8 Å². The predicted molar refractivity (Wildman–Crippen MR) is 173 cm³/mol. The second-order valence-electron chi connectivity index (χ2n) is 10.4. The molecular formula is C38H22N4. The lowest BCUT2D eigenvalue weighted by Crippen LogP contribution is -1.99. The molecule has 6 aromatic carbocycles. The van der Waals surface area contributed by atoms with Crippen LogP contribution in [-0.2, 0) is 0 Å². The Morgan fingerprint density at radius 3 is 1.50 bits per heavy atom. The van der Waals surface area contributed by atoms with Gasteiger partial charge in [-0.3, -0.25) is 0 Å². The van der Waals surface area contributed by atoms with E-state index >= 15 is 0 Å². The smallest absolute Gasteiger partial charge is 0.177 e. The van der Waals surface area contributed by atoms with E-state index in [9.17, 15) is 0 Å². The van der Waals surface area contributed by atoms with Crippen molar-refractivity contribution in [3.8, 4) is 22.5 Å². The zero-order valence-electron chi connectivity index (χ0n) is 22.5. The van der Waals surface area contributed by atoms with Gasteiger partial charge in [0.15, 0.2) is 11.4 Å². The molecule has 0 aliphatic rings. The molecule has 0 unspecified atom stereocenters. The zero-order valence-corrected chi connectivity index (χ0v) is 22.5. The van der Waals surface area contributed by atoms with Gasteiger partial charge in [-0.2, -0.15) is 0 Å². The van der Waals surface area contributed by atoms with Gasteiger partial charge in [0.1, 0.15) is 0 Å². The largest absolute Gasteiger partial charge is 0.309 e. The van der Waals surface area contributed by atoms with Gasteiger partial charge in [-0.25, -0.2) is 9.69 Å². The molecule has 4 heteroatoms. The lowest BCUT2D eigenvalue weighted by molar-refractivity contribution is 1.16. The van der Waals surface area contributed by atoms with Gasteiger partial charge in [-0.1, -0.05) is 91.0 Å². The predicted octanol–water partition coefficient (Wildman–Crippen LogP) is 10.6. The second kappa shape index (κ2) is 9.24. The molecule has 0 bridgehead atoms. The van der Waals surface area contributed by atoms with Crippen molar-refractivity contribution in [2.75, 3.05) is 0 Å². The molecule has 4 nitrogen and oxygen atoms in total. The van der Waals surface area contributed by atoms with Crippen molar-refractivity contribution in [3.05, 3.63) is 156 Å². The molecule has 8 aromatic rings. The molecular weight excluding hydrogens is 512 g/mol. The molecule has 0 spiro atoms. The first-order valence-corrected chi connectivity index (χ1v) is 13.8. The summed E-state index contributed by atoms with van der Waals surface area (Å²) >= 11 is 0. The maximum absolute atomic E-state index is 7.73. The lowest BCUT2D eigenvalue weighted by Gasteiger charge is -2.17. The third-order valence-corrected chi connectivity index (χ3v) is 8.10. The van der Waals surface area contributed by atoms with E-state index in [1.54, 1.807) is 6.07 Å². The fourth-order valence-corrected chi connectivity index (χ4v) is 6.34. The van der Waals surface area contributed by atoms with Crippen molar-refractivity contribution >= 4 is 55.0 Å². The standard InChI is InChI=1S/C38H22N4/c1-39-26-20-25(21-27(22-26)40-2)32-23-33-31-16-8-9-17-34(31)41(28-12-4-3-5-13-28)38(33)24-37(32)42-35-18-10-6-14-29(35)30-15-7-11-19-36(30)42/h3-24H. The Morgan fingerprint density at radius 2 is 0.929 bits per heavy atom. The summed E-state index contributed by atoms with van der Waals surface area (Å²) in [5.41, 5.74) is 9.26. The fourth-order valence-electron chi connectivity index (χ4n) is 6.34. The molecule has 42 heavy (non-hydrogen) atoms. The number of rotatable bonds is 3. The Hall–Kier alpha value is -6.10. The first-order chi connectivity index (χ1) is 20.7. The molecule has 194 valence electrons. The van der Waals surface area contributed by atoms with E-state index in [1.165, 1.54) is 10.8 Å². The van der Waals surface area contributed by atoms with E-state index in [1.807, 2.05) is 18.2 Å². The van der Waals surface area contributed by atoms with Gasteiger partial charge in [-0.15, -0.1) is 0 Å². The Kier molecular flexibility index (Phi) is 5.22. The first kappa shape index (κ1) is 23.8. The van der Waals surface area contributed by atoms with Crippen LogP contribution in [0.5, 0.6) is 0 Å². The van der Waals surface area contributed by atoms with Crippen molar-refractivity contribution in [1.29, 1.82) is 0 Å². The van der Waals surface area contributed by atoms with E-state index in [-0.39, 0.29) is 0 Å². The number of para-hydroxylation sites is 4. The molecule has 0 fully saturated rings. The third-order valence-electron chi connectivity index (χ3n) is 8.10.